The van der Waals surface area contributed by atoms with Gasteiger partial charge in [-0.2, -0.15) is 13.2 Å². The fourth-order valence-electron chi connectivity index (χ4n) is 2.34. The van der Waals surface area contributed by atoms with E-state index in [-0.39, 0.29) is 12.0 Å². The molecule has 0 saturated carbocycles. The van der Waals surface area contributed by atoms with Crippen LogP contribution in [0.15, 0.2) is 17.1 Å². The van der Waals surface area contributed by atoms with Gasteiger partial charge >= 0.3 is 12.1 Å². The van der Waals surface area contributed by atoms with Gasteiger partial charge in [0.15, 0.2) is 0 Å². The Balaban J connectivity index is 3.48. The molecule has 0 spiro atoms. The Morgan fingerprint density at radius 1 is 1.35 bits per heavy atom. The number of hydrogen-bond acceptors (Lipinski definition) is 3. The molecule has 5 nitrogen and oxygen atoms in total. The summed E-state index contributed by atoms with van der Waals surface area (Å²) in [6.07, 6.45) is -3.56. The smallest absolute Gasteiger partial charge is 0.416 e. The summed E-state index contributed by atoms with van der Waals surface area (Å²) in [7, 11) is 3.44. The maximum Gasteiger partial charge on any atom is 0.416 e. The molecular weight excluding hydrogens is 313 g/mol. The number of carbonyl (C=O) groups is 1. The van der Waals surface area contributed by atoms with Gasteiger partial charge in [-0.05, 0) is 32.0 Å². The summed E-state index contributed by atoms with van der Waals surface area (Å²) >= 11 is 0. The summed E-state index contributed by atoms with van der Waals surface area (Å²) in [6.45, 7) is 3.55. The third-order valence-corrected chi connectivity index (χ3v) is 3.48. The number of pyridine rings is 1. The van der Waals surface area contributed by atoms with Crippen LogP contribution in [0, 0.1) is 5.92 Å². The molecule has 0 aromatic carbocycles. The lowest BCUT2D eigenvalue weighted by atomic mass is 10.0. The lowest BCUT2D eigenvalue weighted by Crippen LogP contribution is -2.34. The molecule has 1 aromatic rings. The summed E-state index contributed by atoms with van der Waals surface area (Å²) in [4.78, 5) is 25.1. The first-order chi connectivity index (χ1) is 10.4. The van der Waals surface area contributed by atoms with E-state index in [0.29, 0.717) is 12.6 Å². The van der Waals surface area contributed by atoms with Gasteiger partial charge in [-0.3, -0.25) is 4.79 Å². The SMILES string of the molecule is CC(C)C(C(=O)O)n1cc(CCN(C)C)c(C(F)(F)F)cc1=O. The van der Waals surface area contributed by atoms with Crippen molar-refractivity contribution in [3.63, 3.8) is 0 Å². The minimum absolute atomic E-state index is 0.0621. The highest BCUT2D eigenvalue weighted by Crippen LogP contribution is 2.32. The molecule has 1 atom stereocenters. The maximum absolute atomic E-state index is 13.1. The average molecular weight is 334 g/mol. The molecule has 1 aromatic heterocycles. The zero-order chi connectivity index (χ0) is 17.9. The number of nitrogens with zero attached hydrogens (tertiary/aromatic N) is 2. The minimum Gasteiger partial charge on any atom is -0.480 e. The van der Waals surface area contributed by atoms with Crippen LogP contribution in [0.1, 0.15) is 31.0 Å². The molecule has 0 saturated heterocycles. The van der Waals surface area contributed by atoms with Crippen LogP contribution in [-0.2, 0) is 17.4 Å². The fraction of sp³-hybridized carbons (Fsp3) is 0.600. The van der Waals surface area contributed by atoms with E-state index in [4.69, 9.17) is 0 Å². The van der Waals surface area contributed by atoms with Crippen LogP contribution in [0.4, 0.5) is 13.2 Å². The number of carboxylic acid groups (broad SMARTS) is 1. The van der Waals surface area contributed by atoms with Crippen LogP contribution < -0.4 is 5.56 Å². The van der Waals surface area contributed by atoms with Crippen molar-refractivity contribution < 1.29 is 23.1 Å². The second-order valence-corrected chi connectivity index (χ2v) is 6.04. The molecule has 0 radical (unpaired) electrons. The second kappa shape index (κ2) is 7.16. The molecule has 23 heavy (non-hydrogen) atoms. The van der Waals surface area contributed by atoms with Crippen LogP contribution >= 0.6 is 0 Å². The van der Waals surface area contributed by atoms with Gasteiger partial charge < -0.3 is 14.6 Å². The standard InChI is InChI=1S/C15H21F3N2O3/c1-9(2)13(14(22)23)20-8-10(5-6-19(3)4)11(7-12(20)21)15(16,17)18/h7-9,13H,5-6H2,1-4H3,(H,22,23). The third kappa shape index (κ3) is 4.82. The molecular formula is C15H21F3N2O3. The van der Waals surface area contributed by atoms with E-state index in [1.54, 1.807) is 32.8 Å². The Bertz CT molecular complexity index is 621. The molecule has 0 fully saturated rings. The van der Waals surface area contributed by atoms with Crippen molar-refractivity contribution in [2.75, 3.05) is 20.6 Å². The molecule has 0 amide bonds. The molecule has 1 N–H and O–H groups in total. The predicted molar refractivity (Wildman–Crippen MR) is 79.5 cm³/mol. The summed E-state index contributed by atoms with van der Waals surface area (Å²) in [5.74, 6) is -1.69. The molecule has 0 aliphatic rings. The normalized spacial score (nSPS) is 13.6. The summed E-state index contributed by atoms with van der Waals surface area (Å²) in [5, 5.41) is 9.27. The monoisotopic (exact) mass is 334 g/mol. The first-order valence-corrected chi connectivity index (χ1v) is 7.15. The van der Waals surface area contributed by atoms with Crippen molar-refractivity contribution in [1.29, 1.82) is 0 Å². The Morgan fingerprint density at radius 2 is 1.91 bits per heavy atom. The second-order valence-electron chi connectivity index (χ2n) is 6.04. The summed E-state index contributed by atoms with van der Waals surface area (Å²) in [6, 6.07) is -0.716. The van der Waals surface area contributed by atoms with Gasteiger partial charge in [-0.15, -0.1) is 0 Å². The predicted octanol–water partition coefficient (Wildman–Crippen LogP) is 2.25. The number of hydrogen-bond donors (Lipinski definition) is 1. The molecule has 0 aliphatic carbocycles. The maximum atomic E-state index is 13.1. The number of alkyl halides is 3. The van der Waals surface area contributed by atoms with Gasteiger partial charge in [-0.25, -0.2) is 4.79 Å². The minimum atomic E-state index is -4.66. The number of carboxylic acids is 1. The highest BCUT2D eigenvalue weighted by Gasteiger charge is 2.35. The molecule has 8 heteroatoms. The first kappa shape index (κ1) is 19.2. The Labute approximate surface area is 132 Å². The lowest BCUT2D eigenvalue weighted by molar-refractivity contribution is -0.142. The fourth-order valence-corrected chi connectivity index (χ4v) is 2.34. The van der Waals surface area contributed by atoms with E-state index >= 15 is 0 Å². The van der Waals surface area contributed by atoms with Crippen molar-refractivity contribution in [3.8, 4) is 0 Å². The molecule has 0 bridgehead atoms. The van der Waals surface area contributed by atoms with Crippen LogP contribution in [0.25, 0.3) is 0 Å². The molecule has 1 unspecified atom stereocenters. The Hall–Kier alpha value is -1.83. The van der Waals surface area contributed by atoms with Gasteiger partial charge in [0.1, 0.15) is 6.04 Å². The van der Waals surface area contributed by atoms with Gasteiger partial charge in [-0.1, -0.05) is 13.8 Å². The van der Waals surface area contributed by atoms with Crippen molar-refractivity contribution in [2.45, 2.75) is 32.5 Å². The van der Waals surface area contributed by atoms with Crippen LogP contribution in [0.3, 0.4) is 0 Å². The van der Waals surface area contributed by atoms with Crippen molar-refractivity contribution in [3.05, 3.63) is 33.7 Å². The highest BCUT2D eigenvalue weighted by molar-refractivity contribution is 5.72. The van der Waals surface area contributed by atoms with Crippen molar-refractivity contribution in [2.24, 2.45) is 5.92 Å². The quantitative estimate of drug-likeness (QED) is 0.867. The number of halogens is 3. The van der Waals surface area contributed by atoms with E-state index < -0.39 is 35.2 Å². The third-order valence-electron chi connectivity index (χ3n) is 3.48. The molecule has 1 rings (SSSR count). The number of aromatic nitrogens is 1. The average Bonchev–Trinajstić information content (AvgIpc) is 2.36. The van der Waals surface area contributed by atoms with E-state index in [1.807, 2.05) is 0 Å². The summed E-state index contributed by atoms with van der Waals surface area (Å²) < 4.78 is 40.3. The topological polar surface area (TPSA) is 62.5 Å². The van der Waals surface area contributed by atoms with E-state index in [2.05, 4.69) is 0 Å². The van der Waals surface area contributed by atoms with Crippen molar-refractivity contribution in [1.82, 2.24) is 9.47 Å². The number of rotatable bonds is 6. The van der Waals surface area contributed by atoms with E-state index in [1.165, 1.54) is 0 Å². The van der Waals surface area contributed by atoms with E-state index in [9.17, 15) is 27.9 Å². The molecule has 1 heterocycles. The first-order valence-electron chi connectivity index (χ1n) is 7.15. The van der Waals surface area contributed by atoms with Crippen molar-refractivity contribution >= 4 is 5.97 Å². The number of likely N-dealkylation sites (N-methyl/N-ethyl adjacent to an activating group) is 1. The van der Waals surface area contributed by atoms with Crippen LogP contribution in [0.5, 0.6) is 0 Å². The highest BCUT2D eigenvalue weighted by atomic mass is 19.4. The summed E-state index contributed by atoms with van der Waals surface area (Å²) in [5.41, 5.74) is -2.06. The lowest BCUT2D eigenvalue weighted by Gasteiger charge is -2.22. The molecule has 130 valence electrons. The van der Waals surface area contributed by atoms with Gasteiger partial charge in [0.05, 0.1) is 5.56 Å². The Kier molecular flexibility index (Phi) is 5.98. The zero-order valence-corrected chi connectivity index (χ0v) is 13.5. The van der Waals surface area contributed by atoms with Gasteiger partial charge in [0.2, 0.25) is 0 Å². The number of aliphatic carboxylic acids is 1. The van der Waals surface area contributed by atoms with E-state index in [0.717, 1.165) is 10.8 Å². The van der Waals surface area contributed by atoms with Gasteiger partial charge in [0.25, 0.3) is 5.56 Å². The van der Waals surface area contributed by atoms with Crippen LogP contribution in [0.2, 0.25) is 0 Å². The van der Waals surface area contributed by atoms with Crippen LogP contribution in [-0.4, -0.2) is 41.2 Å². The van der Waals surface area contributed by atoms with Gasteiger partial charge in [0, 0.05) is 18.8 Å². The molecule has 0 aliphatic heterocycles. The Morgan fingerprint density at radius 3 is 2.30 bits per heavy atom. The zero-order valence-electron chi connectivity index (χ0n) is 13.5. The largest absolute Gasteiger partial charge is 0.480 e.